The molecule has 0 aromatic heterocycles. The maximum Gasteiger partial charge on any atom is 0.109 e. The Morgan fingerprint density at radius 2 is 1.79 bits per heavy atom. The van der Waals surface area contributed by atoms with Crippen LogP contribution < -0.4 is 0 Å². The van der Waals surface area contributed by atoms with Crippen LogP contribution in [0.5, 0.6) is 0 Å². The van der Waals surface area contributed by atoms with Gasteiger partial charge in [-0.05, 0) is 15.9 Å². The molecule has 2 aliphatic heterocycles. The van der Waals surface area contributed by atoms with Crippen molar-refractivity contribution in [3.63, 3.8) is 0 Å². The molecule has 0 aromatic carbocycles. The van der Waals surface area contributed by atoms with Crippen molar-refractivity contribution in [2.24, 2.45) is 0 Å². The van der Waals surface area contributed by atoms with E-state index in [9.17, 15) is 4.21 Å². The lowest BCUT2D eigenvalue weighted by atomic mass is 10.4. The van der Waals surface area contributed by atoms with Crippen molar-refractivity contribution in [2.45, 2.75) is 6.42 Å². The number of hydrogen-bond acceptors (Lipinski definition) is 4. The first-order chi connectivity index (χ1) is 8.92. The van der Waals surface area contributed by atoms with Crippen LogP contribution in [0.25, 0.3) is 0 Å². The van der Waals surface area contributed by atoms with Crippen molar-refractivity contribution in [2.75, 3.05) is 58.7 Å². The third kappa shape index (κ3) is 4.24. The molecule has 2 heterocycles. The molecule has 0 radical (unpaired) electrons. The fourth-order valence-corrected chi connectivity index (χ4v) is 10.5. The van der Waals surface area contributed by atoms with E-state index in [0.717, 1.165) is 32.7 Å². The largest absolute Gasteiger partial charge is 0.379 e. The van der Waals surface area contributed by atoms with Crippen LogP contribution in [-0.2, 0) is 30.8 Å². The molecule has 1 unspecified atom stereocenters. The second-order valence-electron chi connectivity index (χ2n) is 5.19. The minimum absolute atomic E-state index is 0.556. The van der Waals surface area contributed by atoms with Gasteiger partial charge in [0, 0.05) is 43.9 Å². The Hall–Kier alpha value is 0.510. The minimum Gasteiger partial charge on any atom is -0.379 e. The van der Waals surface area contributed by atoms with E-state index in [1.807, 2.05) is 5.11 Å². The fraction of sp³-hybridized carbons (Fsp3) is 0.909. The average molecular weight is 326 g/mol. The third-order valence-corrected chi connectivity index (χ3v) is 10.8. The van der Waals surface area contributed by atoms with Gasteiger partial charge in [0.2, 0.25) is 0 Å². The van der Waals surface area contributed by atoms with Gasteiger partial charge in [0.1, 0.15) is 13.1 Å². The highest BCUT2D eigenvalue weighted by molar-refractivity contribution is 8.27. The van der Waals surface area contributed by atoms with Gasteiger partial charge in [0.05, 0.1) is 13.2 Å². The van der Waals surface area contributed by atoms with E-state index >= 15 is 0 Å². The molecule has 2 saturated heterocycles. The Balaban J connectivity index is 2.31. The van der Waals surface area contributed by atoms with Gasteiger partial charge in [-0.3, -0.25) is 8.88 Å². The predicted octanol–water partition coefficient (Wildman–Crippen LogP) is 0.612. The molecular formula is C11H23N2O3PS2. The monoisotopic (exact) mass is 326 g/mol. The van der Waals surface area contributed by atoms with Gasteiger partial charge >= 0.3 is 0 Å². The van der Waals surface area contributed by atoms with Gasteiger partial charge in [-0.15, -0.1) is 0 Å². The number of rotatable bonds is 3. The summed E-state index contributed by atoms with van der Waals surface area (Å²) in [5, 5.41) is 1.93. The first-order valence-corrected chi connectivity index (χ1v) is 11.7. The van der Waals surface area contributed by atoms with Crippen LogP contribution in [0, 0.1) is 0 Å². The molecule has 0 aliphatic carbocycles. The lowest BCUT2D eigenvalue weighted by Gasteiger charge is -2.43. The Morgan fingerprint density at radius 1 is 1.11 bits per heavy atom. The number of morpholine rings is 1. The van der Waals surface area contributed by atoms with Crippen molar-refractivity contribution in [3.8, 4) is 0 Å². The van der Waals surface area contributed by atoms with Crippen LogP contribution in [0.1, 0.15) is 6.42 Å². The van der Waals surface area contributed by atoms with E-state index < -0.39 is 15.9 Å². The number of nitrogens with zero attached hydrogens (tertiary/aromatic N) is 2. The maximum absolute atomic E-state index is 12.3. The Kier molecular flexibility index (Phi) is 5.45. The van der Waals surface area contributed by atoms with Gasteiger partial charge in [0.15, 0.2) is 0 Å². The van der Waals surface area contributed by atoms with Crippen LogP contribution in [0.3, 0.4) is 0 Å². The summed E-state index contributed by atoms with van der Waals surface area (Å²) in [7, 11) is -1.99. The summed E-state index contributed by atoms with van der Waals surface area (Å²) in [5.74, 6) is 0. The second-order valence-corrected chi connectivity index (χ2v) is 12.6. The van der Waals surface area contributed by atoms with Crippen LogP contribution in [-0.4, -0.2) is 77.4 Å². The summed E-state index contributed by atoms with van der Waals surface area (Å²) < 4.78 is 27.7. The highest BCUT2D eigenvalue weighted by Gasteiger charge is 2.33. The van der Waals surface area contributed by atoms with Crippen molar-refractivity contribution >= 4 is 32.8 Å². The highest BCUT2D eigenvalue weighted by atomic mass is 32.4. The molecule has 112 valence electrons. The summed E-state index contributed by atoms with van der Waals surface area (Å²) in [6.07, 6.45) is 2.42. The van der Waals surface area contributed by atoms with E-state index in [4.69, 9.17) is 21.3 Å². The third-order valence-electron chi connectivity index (χ3n) is 3.13. The summed E-state index contributed by atoms with van der Waals surface area (Å²) in [6.45, 7) is 5.33. The smallest absolute Gasteiger partial charge is 0.109 e. The first kappa shape index (κ1) is 15.9. The zero-order valence-electron chi connectivity index (χ0n) is 11.6. The van der Waals surface area contributed by atoms with Crippen molar-refractivity contribution < 1.29 is 13.7 Å². The van der Waals surface area contributed by atoms with Crippen LogP contribution in [0.2, 0.25) is 0 Å². The molecule has 2 rings (SSSR count). The molecule has 2 aliphatic rings. The molecule has 19 heavy (non-hydrogen) atoms. The maximum atomic E-state index is 12.3. The molecule has 0 amide bonds. The lowest BCUT2D eigenvalue weighted by Crippen LogP contribution is -2.42. The molecule has 0 N–H and O–H groups in total. The summed E-state index contributed by atoms with van der Waals surface area (Å²) in [4.78, 5) is 0. The predicted molar refractivity (Wildman–Crippen MR) is 84.9 cm³/mol. The van der Waals surface area contributed by atoms with Gasteiger partial charge in [-0.25, -0.2) is 4.67 Å². The standard InChI is InChI=1S/C11H23N2O3PS2/c1-19(2,14)11-17(18,12-5-8-15-9-6-12)13-4-3-7-16-10-13/h11H,3-10H2,1-2H3. The second kappa shape index (κ2) is 6.52. The van der Waals surface area contributed by atoms with Crippen molar-refractivity contribution in [1.29, 1.82) is 0 Å². The van der Waals surface area contributed by atoms with Gasteiger partial charge < -0.3 is 9.47 Å². The van der Waals surface area contributed by atoms with Gasteiger partial charge in [-0.2, -0.15) is 0 Å². The topological polar surface area (TPSA) is 42.0 Å². The van der Waals surface area contributed by atoms with E-state index in [1.54, 1.807) is 12.5 Å². The molecule has 2 fully saturated rings. The zero-order chi connectivity index (χ0) is 13.9. The molecule has 5 nitrogen and oxygen atoms in total. The molecule has 8 heteroatoms. The average Bonchev–Trinajstić information content (AvgIpc) is 2.39. The van der Waals surface area contributed by atoms with E-state index in [2.05, 4.69) is 9.34 Å². The molecule has 0 bridgehead atoms. The summed E-state index contributed by atoms with van der Waals surface area (Å²) >= 11 is 5.98. The molecule has 0 saturated carbocycles. The zero-order valence-corrected chi connectivity index (χ0v) is 14.1. The normalized spacial score (nSPS) is 26.8. The quantitative estimate of drug-likeness (QED) is 0.559. The molecule has 0 aromatic rings. The number of ether oxygens (including phenoxy) is 2. The van der Waals surface area contributed by atoms with Gasteiger partial charge in [-0.1, -0.05) is 11.8 Å². The van der Waals surface area contributed by atoms with E-state index in [1.165, 1.54) is 0 Å². The Morgan fingerprint density at radius 3 is 2.32 bits per heavy atom. The molecule has 0 spiro atoms. The fourth-order valence-electron chi connectivity index (χ4n) is 2.29. The van der Waals surface area contributed by atoms with E-state index in [-0.39, 0.29) is 0 Å². The van der Waals surface area contributed by atoms with Crippen molar-refractivity contribution in [1.82, 2.24) is 9.34 Å². The van der Waals surface area contributed by atoms with Crippen LogP contribution in [0.15, 0.2) is 0 Å². The minimum atomic E-state index is -2.10. The van der Waals surface area contributed by atoms with E-state index in [0.29, 0.717) is 19.9 Å². The lowest BCUT2D eigenvalue weighted by molar-refractivity contribution is 0.0262. The summed E-state index contributed by atoms with van der Waals surface area (Å²) in [5.41, 5.74) is 0. The first-order valence-electron chi connectivity index (χ1n) is 6.48. The Bertz CT molecular complexity index is 435. The highest BCUT2D eigenvalue weighted by Crippen LogP contribution is 2.52. The summed E-state index contributed by atoms with van der Waals surface area (Å²) in [6, 6.07) is 0. The molecular weight excluding hydrogens is 303 g/mol. The Labute approximate surface area is 121 Å². The van der Waals surface area contributed by atoms with Gasteiger partial charge in [0.25, 0.3) is 0 Å². The van der Waals surface area contributed by atoms with Crippen LogP contribution in [0.4, 0.5) is 0 Å². The van der Waals surface area contributed by atoms with Crippen molar-refractivity contribution in [3.05, 3.63) is 0 Å². The van der Waals surface area contributed by atoms with Crippen LogP contribution >= 0.6 is 6.34 Å². The molecule has 1 atom stereocenters. The SMILES string of the molecule is CS(C)(=O)=CP(=S)(N1CCOCC1)N1CCCOC1. The number of hydrogen-bond donors (Lipinski definition) is 0.